The molecule has 1 aliphatic rings. The van der Waals surface area contributed by atoms with Gasteiger partial charge in [0, 0.05) is 25.5 Å². The van der Waals surface area contributed by atoms with Gasteiger partial charge in [-0.25, -0.2) is 4.98 Å². The van der Waals surface area contributed by atoms with Gasteiger partial charge < -0.3 is 9.88 Å². The Labute approximate surface area is 102 Å². The summed E-state index contributed by atoms with van der Waals surface area (Å²) in [6, 6.07) is 0. The van der Waals surface area contributed by atoms with Gasteiger partial charge in [-0.1, -0.05) is 20.8 Å². The molecule has 4 heteroatoms. The van der Waals surface area contributed by atoms with Crippen LogP contribution in [0.5, 0.6) is 0 Å². The number of rotatable bonds is 5. The van der Waals surface area contributed by atoms with E-state index >= 15 is 0 Å². The van der Waals surface area contributed by atoms with Gasteiger partial charge in [0.15, 0.2) is 5.82 Å². The van der Waals surface area contributed by atoms with E-state index in [0.717, 1.165) is 13.1 Å². The lowest BCUT2D eigenvalue weighted by atomic mass is 10.1. The summed E-state index contributed by atoms with van der Waals surface area (Å²) < 4.78 is 1.73. The van der Waals surface area contributed by atoms with Gasteiger partial charge in [-0.2, -0.15) is 0 Å². The van der Waals surface area contributed by atoms with Crippen LogP contribution in [0.4, 0.5) is 5.82 Å². The average Bonchev–Trinajstić information content (AvgIpc) is 2.98. The lowest BCUT2D eigenvalue weighted by Gasteiger charge is -2.12. The van der Waals surface area contributed by atoms with Gasteiger partial charge in [-0.05, 0) is 24.2 Å². The van der Waals surface area contributed by atoms with Crippen molar-refractivity contribution in [3.8, 4) is 0 Å². The number of anilines is 1. The van der Waals surface area contributed by atoms with Crippen LogP contribution in [0.15, 0.2) is 17.2 Å². The molecular weight excluding hydrogens is 214 g/mol. The first kappa shape index (κ1) is 12.1. The van der Waals surface area contributed by atoms with E-state index in [-0.39, 0.29) is 5.56 Å². The lowest BCUT2D eigenvalue weighted by molar-refractivity contribution is 0.509. The molecule has 0 unspecified atom stereocenters. The van der Waals surface area contributed by atoms with Gasteiger partial charge >= 0.3 is 0 Å². The molecule has 1 N–H and O–H groups in total. The first-order valence-corrected chi connectivity index (χ1v) is 6.29. The molecule has 0 aromatic carbocycles. The van der Waals surface area contributed by atoms with Crippen LogP contribution in [0.2, 0.25) is 0 Å². The van der Waals surface area contributed by atoms with E-state index in [9.17, 15) is 4.79 Å². The lowest BCUT2D eigenvalue weighted by Crippen LogP contribution is -2.27. The Morgan fingerprint density at radius 1 is 1.53 bits per heavy atom. The summed E-state index contributed by atoms with van der Waals surface area (Å²) in [5.74, 6) is 0.949. The Hall–Kier alpha value is -1.32. The summed E-state index contributed by atoms with van der Waals surface area (Å²) in [7, 11) is 0. The topological polar surface area (TPSA) is 46.9 Å². The van der Waals surface area contributed by atoms with E-state index in [1.54, 1.807) is 17.0 Å². The van der Waals surface area contributed by atoms with E-state index in [1.165, 1.54) is 12.8 Å². The third-order valence-electron chi connectivity index (χ3n) is 3.26. The summed E-state index contributed by atoms with van der Waals surface area (Å²) in [4.78, 5) is 16.2. The van der Waals surface area contributed by atoms with E-state index in [1.807, 2.05) is 0 Å². The minimum Gasteiger partial charge on any atom is -0.365 e. The maximum absolute atomic E-state index is 12.1. The summed E-state index contributed by atoms with van der Waals surface area (Å²) in [6.07, 6.45) is 5.94. The number of hydrogen-bond acceptors (Lipinski definition) is 3. The van der Waals surface area contributed by atoms with Crippen LogP contribution in [-0.2, 0) is 6.54 Å². The van der Waals surface area contributed by atoms with Gasteiger partial charge in [-0.3, -0.25) is 4.79 Å². The second kappa shape index (κ2) is 4.51. The normalized spacial score (nSPS) is 17.2. The highest BCUT2D eigenvalue weighted by Gasteiger charge is 2.37. The SMILES string of the molecule is CC(C)Cn1ccnc(NCC2(C)CC2)c1=O. The fraction of sp³-hybridized carbons (Fsp3) is 0.692. The average molecular weight is 235 g/mol. The van der Waals surface area contributed by atoms with Crippen molar-refractivity contribution in [1.29, 1.82) is 0 Å². The van der Waals surface area contributed by atoms with Crippen molar-refractivity contribution in [1.82, 2.24) is 9.55 Å². The molecule has 1 heterocycles. The molecule has 0 bridgehead atoms. The predicted molar refractivity (Wildman–Crippen MR) is 69.2 cm³/mol. The van der Waals surface area contributed by atoms with Crippen LogP contribution in [0.1, 0.15) is 33.6 Å². The standard InChI is InChI=1S/C13H21N3O/c1-10(2)8-16-7-6-14-11(12(16)17)15-9-13(3)4-5-13/h6-7,10H,4-5,8-9H2,1-3H3,(H,14,15). The summed E-state index contributed by atoms with van der Waals surface area (Å²) in [6.45, 7) is 8.03. The number of hydrogen-bond donors (Lipinski definition) is 1. The van der Waals surface area contributed by atoms with Crippen molar-refractivity contribution in [2.24, 2.45) is 11.3 Å². The Kier molecular flexibility index (Phi) is 3.22. The first-order chi connectivity index (χ1) is 8.00. The highest BCUT2D eigenvalue weighted by atomic mass is 16.1. The fourth-order valence-corrected chi connectivity index (χ4v) is 1.79. The van der Waals surface area contributed by atoms with Gasteiger partial charge in [0.05, 0.1) is 0 Å². The maximum Gasteiger partial charge on any atom is 0.293 e. The summed E-state index contributed by atoms with van der Waals surface area (Å²) >= 11 is 0. The maximum atomic E-state index is 12.1. The highest BCUT2D eigenvalue weighted by Crippen LogP contribution is 2.44. The molecule has 0 amide bonds. The number of aromatic nitrogens is 2. The largest absolute Gasteiger partial charge is 0.365 e. The van der Waals surface area contributed by atoms with Crippen LogP contribution in [0, 0.1) is 11.3 Å². The quantitative estimate of drug-likeness (QED) is 0.850. The zero-order chi connectivity index (χ0) is 12.5. The Morgan fingerprint density at radius 2 is 2.24 bits per heavy atom. The van der Waals surface area contributed by atoms with Crippen LogP contribution < -0.4 is 10.9 Å². The third-order valence-corrected chi connectivity index (χ3v) is 3.26. The molecule has 1 aromatic rings. The minimum atomic E-state index is -0.00884. The molecule has 1 aromatic heterocycles. The molecule has 17 heavy (non-hydrogen) atoms. The smallest absolute Gasteiger partial charge is 0.293 e. The first-order valence-electron chi connectivity index (χ1n) is 6.29. The zero-order valence-corrected chi connectivity index (χ0v) is 10.9. The fourth-order valence-electron chi connectivity index (χ4n) is 1.79. The third kappa shape index (κ3) is 3.08. The van der Waals surface area contributed by atoms with Crippen molar-refractivity contribution in [3.63, 3.8) is 0 Å². The van der Waals surface area contributed by atoms with Gasteiger partial charge in [-0.15, -0.1) is 0 Å². The second-order valence-electron chi connectivity index (χ2n) is 5.79. The monoisotopic (exact) mass is 235 g/mol. The molecule has 0 saturated heterocycles. The Bertz CT molecular complexity index is 446. The van der Waals surface area contributed by atoms with Crippen molar-refractivity contribution in [3.05, 3.63) is 22.7 Å². The molecule has 4 nitrogen and oxygen atoms in total. The van der Waals surface area contributed by atoms with E-state index in [4.69, 9.17) is 0 Å². The van der Waals surface area contributed by atoms with Gasteiger partial charge in [0.25, 0.3) is 5.56 Å². The molecular formula is C13H21N3O. The summed E-state index contributed by atoms with van der Waals surface area (Å²) in [5.41, 5.74) is 0.373. The molecule has 0 atom stereocenters. The molecule has 1 fully saturated rings. The molecule has 0 radical (unpaired) electrons. The van der Waals surface area contributed by atoms with E-state index in [2.05, 4.69) is 31.1 Å². The van der Waals surface area contributed by atoms with Crippen molar-refractivity contribution >= 4 is 5.82 Å². The number of nitrogens with zero attached hydrogens (tertiary/aromatic N) is 2. The molecule has 94 valence electrons. The highest BCUT2D eigenvalue weighted by molar-refractivity contribution is 5.31. The minimum absolute atomic E-state index is 0.00884. The van der Waals surface area contributed by atoms with Crippen LogP contribution >= 0.6 is 0 Å². The van der Waals surface area contributed by atoms with Crippen molar-refractivity contribution < 1.29 is 0 Å². The Morgan fingerprint density at radius 3 is 2.82 bits per heavy atom. The van der Waals surface area contributed by atoms with E-state index < -0.39 is 0 Å². The van der Waals surface area contributed by atoms with Crippen LogP contribution in [0.25, 0.3) is 0 Å². The molecule has 1 aliphatic carbocycles. The second-order valence-corrected chi connectivity index (χ2v) is 5.79. The van der Waals surface area contributed by atoms with Crippen LogP contribution in [-0.4, -0.2) is 16.1 Å². The van der Waals surface area contributed by atoms with Crippen molar-refractivity contribution in [2.75, 3.05) is 11.9 Å². The number of nitrogens with one attached hydrogen (secondary N) is 1. The molecule has 2 rings (SSSR count). The van der Waals surface area contributed by atoms with Gasteiger partial charge in [0.2, 0.25) is 0 Å². The van der Waals surface area contributed by atoms with Gasteiger partial charge in [0.1, 0.15) is 0 Å². The Balaban J connectivity index is 2.08. The van der Waals surface area contributed by atoms with Crippen molar-refractivity contribution in [2.45, 2.75) is 40.2 Å². The molecule has 0 aliphatic heterocycles. The van der Waals surface area contributed by atoms with Crippen LogP contribution in [0.3, 0.4) is 0 Å². The summed E-state index contributed by atoms with van der Waals surface area (Å²) in [5, 5.41) is 3.18. The molecule has 1 saturated carbocycles. The van der Waals surface area contributed by atoms with E-state index in [0.29, 0.717) is 17.2 Å². The predicted octanol–water partition coefficient (Wildman–Crippen LogP) is 2.11. The molecule has 0 spiro atoms. The zero-order valence-electron chi connectivity index (χ0n) is 10.9.